The van der Waals surface area contributed by atoms with Crippen LogP contribution in [-0.2, 0) is 4.79 Å². The molecule has 1 aromatic heterocycles. The molecule has 0 saturated carbocycles. The quantitative estimate of drug-likeness (QED) is 0.829. The zero-order chi connectivity index (χ0) is 13.8. The van der Waals surface area contributed by atoms with E-state index in [2.05, 4.69) is 20.1 Å². The van der Waals surface area contributed by atoms with Crippen molar-refractivity contribution in [1.29, 1.82) is 0 Å². The molecule has 0 spiro atoms. The van der Waals surface area contributed by atoms with Gasteiger partial charge in [-0.2, -0.15) is 0 Å². The summed E-state index contributed by atoms with van der Waals surface area (Å²) < 4.78 is 0. The number of anilines is 1. The second-order valence-corrected chi connectivity index (χ2v) is 6.08. The van der Waals surface area contributed by atoms with E-state index < -0.39 is 0 Å². The van der Waals surface area contributed by atoms with E-state index in [4.69, 9.17) is 0 Å². The largest absolute Gasteiger partial charge is 0.346 e. The van der Waals surface area contributed by atoms with E-state index in [0.717, 1.165) is 57.5 Å². The zero-order valence-electron chi connectivity index (χ0n) is 11.6. The number of thiazole rings is 1. The van der Waals surface area contributed by atoms with Crippen molar-refractivity contribution in [3.63, 3.8) is 0 Å². The van der Waals surface area contributed by atoms with Gasteiger partial charge < -0.3 is 15.1 Å². The molecule has 0 bridgehead atoms. The standard InChI is InChI=1S/C13H21N5OS/c19-12(17-4-1-14-2-5-17)11-16-6-8-18(9-7-16)13-15-3-10-20-13/h3,10,14H,1-2,4-9,11H2. The molecule has 6 nitrogen and oxygen atoms in total. The average Bonchev–Trinajstić information content (AvgIpc) is 3.03. The predicted octanol–water partition coefficient (Wildman–Crippen LogP) is -0.303. The number of rotatable bonds is 3. The minimum absolute atomic E-state index is 0.272. The number of aromatic nitrogens is 1. The van der Waals surface area contributed by atoms with Crippen LogP contribution in [0.5, 0.6) is 0 Å². The Morgan fingerprint density at radius 1 is 1.20 bits per heavy atom. The Bertz CT molecular complexity index is 424. The molecule has 1 aromatic rings. The molecular formula is C13H21N5OS. The molecule has 0 atom stereocenters. The number of hydrogen-bond acceptors (Lipinski definition) is 6. The number of nitrogens with zero attached hydrogens (tertiary/aromatic N) is 4. The summed E-state index contributed by atoms with van der Waals surface area (Å²) in [5.74, 6) is 0.272. The number of carbonyl (C=O) groups excluding carboxylic acids is 1. The van der Waals surface area contributed by atoms with E-state index in [0.29, 0.717) is 6.54 Å². The lowest BCUT2D eigenvalue weighted by Gasteiger charge is -2.36. The fraction of sp³-hybridized carbons (Fsp3) is 0.692. The first-order valence-corrected chi connectivity index (χ1v) is 8.06. The smallest absolute Gasteiger partial charge is 0.236 e. The van der Waals surface area contributed by atoms with Gasteiger partial charge in [-0.1, -0.05) is 0 Å². The van der Waals surface area contributed by atoms with Crippen molar-refractivity contribution in [3.05, 3.63) is 11.6 Å². The molecule has 1 amide bonds. The summed E-state index contributed by atoms with van der Waals surface area (Å²) >= 11 is 1.68. The van der Waals surface area contributed by atoms with E-state index in [1.165, 1.54) is 0 Å². The number of piperazine rings is 2. The fourth-order valence-electron chi connectivity index (χ4n) is 2.67. The Labute approximate surface area is 123 Å². The second-order valence-electron chi connectivity index (χ2n) is 5.21. The van der Waals surface area contributed by atoms with Crippen LogP contribution in [0.2, 0.25) is 0 Å². The summed E-state index contributed by atoms with van der Waals surface area (Å²) in [7, 11) is 0. The first-order chi connectivity index (χ1) is 9.83. The van der Waals surface area contributed by atoms with Crippen molar-refractivity contribution in [3.8, 4) is 0 Å². The van der Waals surface area contributed by atoms with Crippen molar-refractivity contribution >= 4 is 22.4 Å². The van der Waals surface area contributed by atoms with Crippen LogP contribution in [-0.4, -0.2) is 79.6 Å². The molecule has 0 unspecified atom stereocenters. The molecule has 0 aliphatic carbocycles. The molecule has 7 heteroatoms. The SMILES string of the molecule is O=C(CN1CCN(c2nccs2)CC1)N1CCNCC1. The van der Waals surface area contributed by atoms with E-state index in [9.17, 15) is 4.79 Å². The highest BCUT2D eigenvalue weighted by atomic mass is 32.1. The van der Waals surface area contributed by atoms with Gasteiger partial charge in [-0.3, -0.25) is 9.69 Å². The molecule has 3 heterocycles. The third-order valence-corrected chi connectivity index (χ3v) is 4.72. The van der Waals surface area contributed by atoms with Crippen LogP contribution in [0.1, 0.15) is 0 Å². The summed E-state index contributed by atoms with van der Waals surface area (Å²) in [5.41, 5.74) is 0. The third-order valence-electron chi connectivity index (χ3n) is 3.89. The predicted molar refractivity (Wildman–Crippen MR) is 80.2 cm³/mol. The summed E-state index contributed by atoms with van der Waals surface area (Å²) in [6, 6.07) is 0. The van der Waals surface area contributed by atoms with E-state index in [1.807, 2.05) is 16.5 Å². The maximum atomic E-state index is 12.2. The average molecular weight is 295 g/mol. The molecule has 0 radical (unpaired) electrons. The van der Waals surface area contributed by atoms with Gasteiger partial charge in [0.15, 0.2) is 5.13 Å². The summed E-state index contributed by atoms with van der Waals surface area (Å²) in [4.78, 5) is 23.1. The van der Waals surface area contributed by atoms with Crippen LogP contribution in [0.15, 0.2) is 11.6 Å². The Kier molecular flexibility index (Phi) is 4.49. The molecule has 3 rings (SSSR count). The monoisotopic (exact) mass is 295 g/mol. The van der Waals surface area contributed by atoms with Gasteiger partial charge in [0, 0.05) is 63.9 Å². The number of carbonyl (C=O) groups is 1. The summed E-state index contributed by atoms with van der Waals surface area (Å²) in [5, 5.41) is 6.38. The van der Waals surface area contributed by atoms with E-state index >= 15 is 0 Å². The molecule has 2 saturated heterocycles. The Balaban J connectivity index is 1.45. The number of amides is 1. The molecule has 2 fully saturated rings. The van der Waals surface area contributed by atoms with Crippen LogP contribution in [0.4, 0.5) is 5.13 Å². The van der Waals surface area contributed by atoms with Gasteiger partial charge >= 0.3 is 0 Å². The minimum Gasteiger partial charge on any atom is -0.346 e. The van der Waals surface area contributed by atoms with Gasteiger partial charge in [-0.15, -0.1) is 11.3 Å². The van der Waals surface area contributed by atoms with Crippen molar-refractivity contribution in [2.24, 2.45) is 0 Å². The summed E-state index contributed by atoms with van der Waals surface area (Å²) in [6.07, 6.45) is 1.85. The maximum Gasteiger partial charge on any atom is 0.236 e. The zero-order valence-corrected chi connectivity index (χ0v) is 12.4. The van der Waals surface area contributed by atoms with Gasteiger partial charge in [0.05, 0.1) is 6.54 Å². The number of nitrogens with one attached hydrogen (secondary N) is 1. The first-order valence-electron chi connectivity index (χ1n) is 7.18. The molecule has 0 aromatic carbocycles. The second kappa shape index (κ2) is 6.51. The minimum atomic E-state index is 0.272. The topological polar surface area (TPSA) is 51.7 Å². The van der Waals surface area contributed by atoms with Crippen LogP contribution in [0.25, 0.3) is 0 Å². The lowest BCUT2D eigenvalue weighted by molar-refractivity contribution is -0.133. The Hall–Kier alpha value is -1.18. The lowest BCUT2D eigenvalue weighted by atomic mass is 10.3. The molecule has 2 aliphatic heterocycles. The van der Waals surface area contributed by atoms with Crippen molar-refractivity contribution in [2.75, 3.05) is 63.8 Å². The Morgan fingerprint density at radius 2 is 1.95 bits per heavy atom. The van der Waals surface area contributed by atoms with Crippen molar-refractivity contribution < 1.29 is 4.79 Å². The van der Waals surface area contributed by atoms with Crippen LogP contribution in [0.3, 0.4) is 0 Å². The molecule has 1 N–H and O–H groups in total. The van der Waals surface area contributed by atoms with E-state index in [-0.39, 0.29) is 5.91 Å². The lowest BCUT2D eigenvalue weighted by Crippen LogP contribution is -2.53. The van der Waals surface area contributed by atoms with Gasteiger partial charge in [-0.25, -0.2) is 4.98 Å². The van der Waals surface area contributed by atoms with E-state index in [1.54, 1.807) is 11.3 Å². The normalized spacial score (nSPS) is 21.2. The summed E-state index contributed by atoms with van der Waals surface area (Å²) in [6.45, 7) is 7.90. The molecule has 2 aliphatic rings. The van der Waals surface area contributed by atoms with Gasteiger partial charge in [-0.05, 0) is 0 Å². The van der Waals surface area contributed by atoms with Gasteiger partial charge in [0.25, 0.3) is 0 Å². The van der Waals surface area contributed by atoms with Crippen molar-refractivity contribution in [1.82, 2.24) is 20.1 Å². The van der Waals surface area contributed by atoms with Crippen LogP contribution in [0, 0.1) is 0 Å². The maximum absolute atomic E-state index is 12.2. The number of hydrogen-bond donors (Lipinski definition) is 1. The first kappa shape index (κ1) is 13.8. The highest BCUT2D eigenvalue weighted by Gasteiger charge is 2.23. The highest BCUT2D eigenvalue weighted by molar-refractivity contribution is 7.13. The molecule has 110 valence electrons. The Morgan fingerprint density at radius 3 is 2.60 bits per heavy atom. The van der Waals surface area contributed by atoms with Gasteiger partial charge in [0.1, 0.15) is 0 Å². The van der Waals surface area contributed by atoms with Crippen LogP contribution < -0.4 is 10.2 Å². The third kappa shape index (κ3) is 3.28. The molecular weight excluding hydrogens is 274 g/mol. The highest BCUT2D eigenvalue weighted by Crippen LogP contribution is 2.18. The molecule has 20 heavy (non-hydrogen) atoms. The van der Waals surface area contributed by atoms with Gasteiger partial charge in [0.2, 0.25) is 5.91 Å². The van der Waals surface area contributed by atoms with Crippen LogP contribution >= 0.6 is 11.3 Å². The van der Waals surface area contributed by atoms with Crippen molar-refractivity contribution in [2.45, 2.75) is 0 Å². The fourth-order valence-corrected chi connectivity index (χ4v) is 3.37.